The van der Waals surface area contributed by atoms with Crippen LogP contribution in [-0.2, 0) is 0 Å². The molecule has 1 saturated carbocycles. The van der Waals surface area contributed by atoms with Crippen molar-refractivity contribution in [2.45, 2.75) is 74.2 Å². The first-order valence-electron chi connectivity index (χ1n) is 8.66. The highest BCUT2D eigenvalue weighted by molar-refractivity contribution is 8.02. The molecule has 4 heteroatoms. The zero-order valence-electron chi connectivity index (χ0n) is 13.7. The van der Waals surface area contributed by atoms with Crippen LogP contribution in [-0.4, -0.2) is 17.2 Å². The van der Waals surface area contributed by atoms with Gasteiger partial charge in [0.25, 0.3) is 0 Å². The van der Waals surface area contributed by atoms with Gasteiger partial charge in [-0.25, -0.2) is 0 Å². The summed E-state index contributed by atoms with van der Waals surface area (Å²) >= 11 is 3.95. The Bertz CT molecular complexity index is 584. The minimum atomic E-state index is -0.110. The minimum absolute atomic E-state index is 0.110. The number of nitrogens with zero attached hydrogens (tertiary/aromatic N) is 2. The van der Waals surface area contributed by atoms with Crippen molar-refractivity contribution in [3.8, 4) is 0 Å². The second kappa shape index (κ2) is 7.39. The summed E-state index contributed by atoms with van der Waals surface area (Å²) in [6, 6.07) is 4.61. The quantitative estimate of drug-likeness (QED) is 0.710. The molecule has 1 spiro atoms. The van der Waals surface area contributed by atoms with Crippen molar-refractivity contribution in [2.24, 2.45) is 9.98 Å². The van der Waals surface area contributed by atoms with E-state index in [9.17, 15) is 0 Å². The molecule has 0 unspecified atom stereocenters. The Morgan fingerprint density at radius 1 is 0.864 bits per heavy atom. The third-order valence-corrected chi connectivity index (χ3v) is 6.93. The second-order valence-corrected chi connectivity index (χ2v) is 8.52. The molecule has 0 bridgehead atoms. The van der Waals surface area contributed by atoms with E-state index >= 15 is 0 Å². The van der Waals surface area contributed by atoms with Gasteiger partial charge < -0.3 is 0 Å². The van der Waals surface area contributed by atoms with Crippen LogP contribution in [0.15, 0.2) is 31.9 Å². The lowest BCUT2D eigenvalue weighted by atomic mass is 9.90. The highest BCUT2D eigenvalue weighted by Crippen LogP contribution is 2.34. The fourth-order valence-electron chi connectivity index (χ4n) is 3.18. The van der Waals surface area contributed by atoms with Crippen molar-refractivity contribution in [3.05, 3.63) is 22.8 Å². The van der Waals surface area contributed by atoms with Crippen LogP contribution in [0.3, 0.4) is 0 Å². The van der Waals surface area contributed by atoms with E-state index in [1.807, 2.05) is 23.5 Å². The molecule has 1 aliphatic carbocycles. The van der Waals surface area contributed by atoms with E-state index in [1.54, 1.807) is 0 Å². The van der Waals surface area contributed by atoms with Crippen molar-refractivity contribution in [1.29, 1.82) is 0 Å². The predicted molar refractivity (Wildman–Crippen MR) is 96.6 cm³/mol. The van der Waals surface area contributed by atoms with E-state index < -0.39 is 0 Å². The van der Waals surface area contributed by atoms with Crippen LogP contribution in [0.4, 0.5) is 0 Å². The van der Waals surface area contributed by atoms with Gasteiger partial charge in [-0.15, -0.1) is 23.5 Å². The SMILES string of the molecule is CCCSc1cc2c(cc1SCCC)=NC1(CCCCC1)N=2. The molecule has 2 aliphatic rings. The Morgan fingerprint density at radius 2 is 1.36 bits per heavy atom. The van der Waals surface area contributed by atoms with E-state index in [2.05, 4.69) is 26.0 Å². The molecule has 1 fully saturated rings. The van der Waals surface area contributed by atoms with Gasteiger partial charge in [0.05, 0.1) is 10.7 Å². The van der Waals surface area contributed by atoms with Crippen molar-refractivity contribution < 1.29 is 0 Å². The van der Waals surface area contributed by atoms with Crippen LogP contribution in [0.5, 0.6) is 0 Å². The Morgan fingerprint density at radius 3 is 1.82 bits per heavy atom. The summed E-state index contributed by atoms with van der Waals surface area (Å²) in [5.41, 5.74) is -0.110. The Kier molecular flexibility index (Phi) is 5.50. The molecule has 120 valence electrons. The normalized spacial score (nSPS) is 18.8. The van der Waals surface area contributed by atoms with Crippen LogP contribution in [0, 0.1) is 0 Å². The summed E-state index contributed by atoms with van der Waals surface area (Å²) in [7, 11) is 0. The first-order chi connectivity index (χ1) is 10.8. The first-order valence-corrected chi connectivity index (χ1v) is 10.6. The van der Waals surface area contributed by atoms with Crippen molar-refractivity contribution in [3.63, 3.8) is 0 Å². The van der Waals surface area contributed by atoms with Gasteiger partial charge in [-0.05, 0) is 62.2 Å². The molecule has 22 heavy (non-hydrogen) atoms. The number of thioether (sulfide) groups is 2. The molecule has 1 aromatic carbocycles. The molecule has 0 saturated heterocycles. The summed E-state index contributed by atoms with van der Waals surface area (Å²) in [6.45, 7) is 4.49. The average Bonchev–Trinajstić information content (AvgIpc) is 2.87. The highest BCUT2D eigenvalue weighted by atomic mass is 32.2. The Hall–Kier alpha value is -0.480. The maximum atomic E-state index is 5.04. The number of hydrogen-bond acceptors (Lipinski definition) is 4. The summed E-state index contributed by atoms with van der Waals surface area (Å²) in [5.74, 6) is 2.36. The topological polar surface area (TPSA) is 24.7 Å². The van der Waals surface area contributed by atoms with Gasteiger partial charge in [-0.3, -0.25) is 9.98 Å². The van der Waals surface area contributed by atoms with Gasteiger partial charge in [0.1, 0.15) is 0 Å². The van der Waals surface area contributed by atoms with E-state index in [0.717, 1.165) is 23.6 Å². The second-order valence-electron chi connectivity index (χ2n) is 6.25. The molecule has 3 rings (SSSR count). The lowest BCUT2D eigenvalue weighted by Gasteiger charge is -2.27. The van der Waals surface area contributed by atoms with Crippen LogP contribution >= 0.6 is 23.5 Å². The Labute approximate surface area is 142 Å². The standard InChI is InChI=1S/C18H26N2S2/c1-3-10-21-16-12-14-15(13-17(16)22-11-4-2)20-18(19-14)8-6-5-7-9-18/h12-13H,3-11H2,1-2H3. The fourth-order valence-corrected chi connectivity index (χ4v) is 5.18. The van der Waals surface area contributed by atoms with Crippen molar-refractivity contribution >= 4 is 23.5 Å². The first kappa shape index (κ1) is 16.4. The smallest absolute Gasteiger partial charge is 0.151 e. The average molecular weight is 335 g/mol. The Balaban J connectivity index is 1.96. The van der Waals surface area contributed by atoms with E-state index in [0.29, 0.717) is 0 Å². The van der Waals surface area contributed by atoms with E-state index in [1.165, 1.54) is 53.4 Å². The van der Waals surface area contributed by atoms with Gasteiger partial charge in [0, 0.05) is 9.79 Å². The summed E-state index contributed by atoms with van der Waals surface area (Å²) < 4.78 is 0. The maximum absolute atomic E-state index is 5.04. The van der Waals surface area contributed by atoms with E-state index in [4.69, 9.17) is 9.98 Å². The molecule has 2 nitrogen and oxygen atoms in total. The minimum Gasteiger partial charge on any atom is -0.253 e. The van der Waals surface area contributed by atoms with Gasteiger partial charge in [-0.2, -0.15) is 0 Å². The number of fused-ring (bicyclic) bond motifs is 1. The number of hydrogen-bond donors (Lipinski definition) is 0. The van der Waals surface area contributed by atoms with Crippen LogP contribution in [0.1, 0.15) is 58.8 Å². The van der Waals surface area contributed by atoms with Gasteiger partial charge in [0.15, 0.2) is 5.66 Å². The molecule has 0 radical (unpaired) electrons. The molecule has 1 aromatic rings. The molecule has 0 N–H and O–H groups in total. The fraction of sp³-hybridized carbons (Fsp3) is 0.667. The van der Waals surface area contributed by atoms with Gasteiger partial charge in [0.2, 0.25) is 0 Å². The third-order valence-electron chi connectivity index (χ3n) is 4.28. The predicted octanol–water partition coefficient (Wildman–Crippen LogP) is 4.60. The lowest BCUT2D eigenvalue weighted by molar-refractivity contribution is 0.309. The zero-order chi connectivity index (χ0) is 15.4. The molecule has 1 heterocycles. The molecule has 1 aliphatic heterocycles. The summed E-state index contributed by atoms with van der Waals surface area (Å²) in [5, 5.41) is 2.28. The number of rotatable bonds is 6. The van der Waals surface area contributed by atoms with Crippen LogP contribution in [0.25, 0.3) is 0 Å². The molecular weight excluding hydrogens is 308 g/mol. The lowest BCUT2D eigenvalue weighted by Crippen LogP contribution is -2.25. The summed E-state index contributed by atoms with van der Waals surface area (Å²) in [6.07, 6.45) is 8.59. The van der Waals surface area contributed by atoms with Gasteiger partial charge in [-0.1, -0.05) is 20.3 Å². The summed E-state index contributed by atoms with van der Waals surface area (Å²) in [4.78, 5) is 12.9. The third kappa shape index (κ3) is 3.53. The molecular formula is C18H26N2S2. The monoisotopic (exact) mass is 334 g/mol. The van der Waals surface area contributed by atoms with Gasteiger partial charge >= 0.3 is 0 Å². The largest absolute Gasteiger partial charge is 0.253 e. The van der Waals surface area contributed by atoms with Crippen LogP contribution in [0.2, 0.25) is 0 Å². The van der Waals surface area contributed by atoms with Crippen molar-refractivity contribution in [1.82, 2.24) is 0 Å². The highest BCUT2D eigenvalue weighted by Gasteiger charge is 2.33. The van der Waals surface area contributed by atoms with Crippen LogP contribution < -0.4 is 10.7 Å². The molecule has 0 aromatic heterocycles. The van der Waals surface area contributed by atoms with Crippen molar-refractivity contribution in [2.75, 3.05) is 11.5 Å². The maximum Gasteiger partial charge on any atom is 0.151 e. The zero-order valence-corrected chi connectivity index (χ0v) is 15.4. The number of benzene rings is 1. The van der Waals surface area contributed by atoms with E-state index in [-0.39, 0.29) is 5.66 Å². The molecule has 0 atom stereocenters. The molecule has 0 amide bonds.